The van der Waals surface area contributed by atoms with Crippen molar-refractivity contribution in [2.24, 2.45) is 0 Å². The smallest absolute Gasteiger partial charge is 0.194 e. The first kappa shape index (κ1) is 12.4. The van der Waals surface area contributed by atoms with Gasteiger partial charge in [-0.25, -0.2) is 0 Å². The van der Waals surface area contributed by atoms with E-state index < -0.39 is 0 Å². The monoisotopic (exact) mass is 290 g/mol. The molecule has 0 heterocycles. The van der Waals surface area contributed by atoms with Crippen LogP contribution in [0.1, 0.15) is 15.9 Å². The molecule has 0 unspecified atom stereocenters. The molecule has 3 aromatic rings. The van der Waals surface area contributed by atoms with Gasteiger partial charge in [-0.05, 0) is 22.8 Å². The van der Waals surface area contributed by atoms with Crippen LogP contribution in [0.2, 0.25) is 5.02 Å². The third-order valence-corrected chi connectivity index (χ3v) is 4.25. The van der Waals surface area contributed by atoms with Gasteiger partial charge in [0.05, 0.1) is 0 Å². The SMILES string of the molecule is O=C1c2ccccc2-c2cccc(-c3ccccc3Cl)c21. The molecule has 0 aliphatic heterocycles. The first-order chi connectivity index (χ1) is 10.3. The van der Waals surface area contributed by atoms with Crippen molar-refractivity contribution < 1.29 is 4.79 Å². The van der Waals surface area contributed by atoms with Crippen molar-refractivity contribution in [1.29, 1.82) is 0 Å². The number of fused-ring (bicyclic) bond motifs is 3. The number of hydrogen-bond donors (Lipinski definition) is 0. The normalized spacial score (nSPS) is 12.1. The number of carbonyl (C=O) groups excluding carboxylic acids is 1. The Morgan fingerprint density at radius 3 is 1.81 bits per heavy atom. The summed E-state index contributed by atoms with van der Waals surface area (Å²) in [7, 11) is 0. The minimum absolute atomic E-state index is 0.0797. The summed E-state index contributed by atoms with van der Waals surface area (Å²) in [5.74, 6) is 0.0797. The van der Waals surface area contributed by atoms with Crippen LogP contribution in [0.3, 0.4) is 0 Å². The average Bonchev–Trinajstić information content (AvgIpc) is 2.82. The summed E-state index contributed by atoms with van der Waals surface area (Å²) in [6.45, 7) is 0. The zero-order valence-corrected chi connectivity index (χ0v) is 11.9. The summed E-state index contributed by atoms with van der Waals surface area (Å²) in [6, 6.07) is 21.3. The Morgan fingerprint density at radius 2 is 1.10 bits per heavy atom. The van der Waals surface area contributed by atoms with Gasteiger partial charge in [0.1, 0.15) is 0 Å². The van der Waals surface area contributed by atoms with Gasteiger partial charge in [-0.1, -0.05) is 72.3 Å². The Labute approximate surface area is 127 Å². The summed E-state index contributed by atoms with van der Waals surface area (Å²) >= 11 is 6.31. The number of carbonyl (C=O) groups is 1. The second kappa shape index (κ2) is 4.57. The second-order valence-electron chi connectivity index (χ2n) is 5.08. The lowest BCUT2D eigenvalue weighted by Gasteiger charge is -2.09. The first-order valence-corrected chi connectivity index (χ1v) is 7.17. The van der Waals surface area contributed by atoms with Crippen LogP contribution in [-0.2, 0) is 0 Å². The van der Waals surface area contributed by atoms with Crippen molar-refractivity contribution in [3.8, 4) is 22.3 Å². The van der Waals surface area contributed by atoms with E-state index in [1.807, 2.05) is 66.7 Å². The van der Waals surface area contributed by atoms with Crippen LogP contribution in [-0.4, -0.2) is 5.78 Å². The largest absolute Gasteiger partial charge is 0.289 e. The lowest BCUT2D eigenvalue weighted by atomic mass is 9.95. The molecule has 0 amide bonds. The second-order valence-corrected chi connectivity index (χ2v) is 5.49. The molecule has 0 spiro atoms. The van der Waals surface area contributed by atoms with Gasteiger partial charge in [0.15, 0.2) is 5.78 Å². The quantitative estimate of drug-likeness (QED) is 0.470. The Kier molecular flexibility index (Phi) is 2.69. The summed E-state index contributed by atoms with van der Waals surface area (Å²) in [6.07, 6.45) is 0. The molecule has 2 heteroatoms. The molecule has 21 heavy (non-hydrogen) atoms. The molecule has 0 N–H and O–H groups in total. The van der Waals surface area contributed by atoms with Gasteiger partial charge >= 0.3 is 0 Å². The van der Waals surface area contributed by atoms with Crippen LogP contribution >= 0.6 is 11.6 Å². The van der Waals surface area contributed by atoms with Crippen molar-refractivity contribution in [3.63, 3.8) is 0 Å². The molecule has 0 atom stereocenters. The molecule has 0 saturated carbocycles. The molecule has 1 aliphatic rings. The minimum atomic E-state index is 0.0797. The van der Waals surface area contributed by atoms with Gasteiger partial charge in [-0.3, -0.25) is 4.79 Å². The fraction of sp³-hybridized carbons (Fsp3) is 0. The fourth-order valence-corrected chi connectivity index (χ4v) is 3.21. The Bertz CT molecular complexity index is 880. The van der Waals surface area contributed by atoms with Crippen LogP contribution in [0.5, 0.6) is 0 Å². The zero-order chi connectivity index (χ0) is 14.4. The predicted octanol–water partition coefficient (Wildman–Crippen LogP) is 5.22. The van der Waals surface area contributed by atoms with E-state index in [4.69, 9.17) is 11.6 Å². The molecule has 0 bridgehead atoms. The molecule has 4 rings (SSSR count). The van der Waals surface area contributed by atoms with Gasteiger partial charge in [-0.2, -0.15) is 0 Å². The average molecular weight is 291 g/mol. The van der Waals surface area contributed by atoms with E-state index in [9.17, 15) is 4.79 Å². The minimum Gasteiger partial charge on any atom is -0.289 e. The number of benzene rings is 3. The summed E-state index contributed by atoms with van der Waals surface area (Å²) in [4.78, 5) is 12.8. The fourth-order valence-electron chi connectivity index (χ4n) is 2.98. The highest BCUT2D eigenvalue weighted by Crippen LogP contribution is 2.42. The highest BCUT2D eigenvalue weighted by atomic mass is 35.5. The summed E-state index contributed by atoms with van der Waals surface area (Å²) in [5.41, 5.74) is 5.33. The van der Waals surface area contributed by atoms with Crippen LogP contribution in [0.25, 0.3) is 22.3 Å². The van der Waals surface area contributed by atoms with Gasteiger partial charge < -0.3 is 0 Å². The van der Waals surface area contributed by atoms with Gasteiger partial charge in [0, 0.05) is 21.7 Å². The number of ketones is 1. The van der Waals surface area contributed by atoms with Crippen molar-refractivity contribution in [2.75, 3.05) is 0 Å². The topological polar surface area (TPSA) is 17.1 Å². The third kappa shape index (κ3) is 1.75. The van der Waals surface area contributed by atoms with Crippen molar-refractivity contribution in [2.45, 2.75) is 0 Å². The van der Waals surface area contributed by atoms with Crippen molar-refractivity contribution in [3.05, 3.63) is 82.9 Å². The number of halogens is 1. The Morgan fingerprint density at radius 1 is 0.571 bits per heavy atom. The van der Waals surface area contributed by atoms with E-state index >= 15 is 0 Å². The van der Waals surface area contributed by atoms with Gasteiger partial charge in [0.2, 0.25) is 0 Å². The molecule has 100 valence electrons. The maximum atomic E-state index is 12.8. The van der Waals surface area contributed by atoms with Crippen LogP contribution in [0, 0.1) is 0 Å². The van der Waals surface area contributed by atoms with Crippen molar-refractivity contribution in [1.82, 2.24) is 0 Å². The highest BCUT2D eigenvalue weighted by Gasteiger charge is 2.29. The van der Waals surface area contributed by atoms with Crippen molar-refractivity contribution >= 4 is 17.4 Å². The predicted molar refractivity (Wildman–Crippen MR) is 85.8 cm³/mol. The highest BCUT2D eigenvalue weighted by molar-refractivity contribution is 6.34. The van der Waals surface area contributed by atoms with Crippen LogP contribution in [0.4, 0.5) is 0 Å². The third-order valence-electron chi connectivity index (χ3n) is 3.92. The number of hydrogen-bond acceptors (Lipinski definition) is 1. The molecule has 1 aliphatic carbocycles. The van der Waals surface area contributed by atoms with Gasteiger partial charge in [0.25, 0.3) is 0 Å². The van der Waals surface area contributed by atoms with E-state index in [1.54, 1.807) is 0 Å². The molecule has 0 aromatic heterocycles. The first-order valence-electron chi connectivity index (χ1n) is 6.79. The maximum Gasteiger partial charge on any atom is 0.194 e. The van der Waals surface area contributed by atoms with Crippen LogP contribution < -0.4 is 0 Å². The molecule has 0 saturated heterocycles. The molecule has 0 radical (unpaired) electrons. The van der Waals surface area contributed by atoms with E-state index in [2.05, 4.69) is 0 Å². The molecular formula is C19H11ClO. The molecule has 3 aromatic carbocycles. The molecule has 0 fully saturated rings. The standard InChI is InChI=1S/C19H11ClO/c20-17-11-4-3-7-13(17)15-10-5-9-14-12-6-1-2-8-16(12)19(21)18(14)15/h1-11H. The van der Waals surface area contributed by atoms with Gasteiger partial charge in [-0.15, -0.1) is 0 Å². The Hall–Kier alpha value is -2.38. The van der Waals surface area contributed by atoms with E-state index in [0.29, 0.717) is 5.02 Å². The van der Waals surface area contributed by atoms with Crippen LogP contribution in [0.15, 0.2) is 66.7 Å². The lowest BCUT2D eigenvalue weighted by Crippen LogP contribution is -1.98. The maximum absolute atomic E-state index is 12.8. The summed E-state index contributed by atoms with van der Waals surface area (Å²) < 4.78 is 0. The lowest BCUT2D eigenvalue weighted by molar-refractivity contribution is 0.104. The van der Waals surface area contributed by atoms with E-state index in [-0.39, 0.29) is 5.78 Å². The molecular weight excluding hydrogens is 280 g/mol. The molecule has 1 nitrogen and oxygen atoms in total. The van der Waals surface area contributed by atoms with E-state index in [1.165, 1.54) is 0 Å². The summed E-state index contributed by atoms with van der Waals surface area (Å²) in [5, 5.41) is 0.662. The zero-order valence-electron chi connectivity index (χ0n) is 11.1. The Balaban J connectivity index is 2.04. The van der Waals surface area contributed by atoms with E-state index in [0.717, 1.165) is 33.4 Å². The number of rotatable bonds is 1.